The molecule has 0 aromatic heterocycles. The highest BCUT2D eigenvalue weighted by Crippen LogP contribution is 2.17. The monoisotopic (exact) mass is 150 g/mol. The lowest BCUT2D eigenvalue weighted by atomic mass is 10.1. The highest BCUT2D eigenvalue weighted by atomic mass is 16.3. The fourth-order valence-electron chi connectivity index (χ4n) is 1.22. The summed E-state index contributed by atoms with van der Waals surface area (Å²) in [5.41, 5.74) is 2.21. The summed E-state index contributed by atoms with van der Waals surface area (Å²) in [7, 11) is 0. The van der Waals surface area contributed by atoms with Crippen LogP contribution in [0, 0.1) is 0 Å². The zero-order chi connectivity index (χ0) is 7.68. The summed E-state index contributed by atoms with van der Waals surface area (Å²) in [6.07, 6.45) is -0.607. The molecule has 0 amide bonds. The molecule has 0 saturated carbocycles. The lowest BCUT2D eigenvalue weighted by Gasteiger charge is -2.23. The standard InChI is InChI=1S/C8H10N2O/c11-8-9-5-6-3-1-2-4-7(6)10-8/h1-4,8-11H,5H2. The molecule has 3 nitrogen and oxygen atoms in total. The Morgan fingerprint density at radius 2 is 2.18 bits per heavy atom. The second-order valence-corrected chi connectivity index (χ2v) is 2.58. The van der Waals surface area contributed by atoms with Crippen LogP contribution < -0.4 is 10.6 Å². The Labute approximate surface area is 65.0 Å². The molecule has 11 heavy (non-hydrogen) atoms. The SMILES string of the molecule is OC1NCc2ccccc2N1. The lowest BCUT2D eigenvalue weighted by Crippen LogP contribution is -2.39. The van der Waals surface area contributed by atoms with Gasteiger partial charge < -0.3 is 10.4 Å². The summed E-state index contributed by atoms with van der Waals surface area (Å²) in [6, 6.07) is 7.92. The Morgan fingerprint density at radius 3 is 3.09 bits per heavy atom. The minimum absolute atomic E-state index is 0.607. The van der Waals surface area contributed by atoms with Crippen LogP contribution in [-0.2, 0) is 6.54 Å². The van der Waals surface area contributed by atoms with E-state index in [1.54, 1.807) is 0 Å². The van der Waals surface area contributed by atoms with Gasteiger partial charge in [0, 0.05) is 12.2 Å². The largest absolute Gasteiger partial charge is 0.361 e. The zero-order valence-corrected chi connectivity index (χ0v) is 6.04. The first-order chi connectivity index (χ1) is 5.36. The van der Waals surface area contributed by atoms with Gasteiger partial charge in [0.15, 0.2) is 6.35 Å². The molecule has 0 fully saturated rings. The van der Waals surface area contributed by atoms with Gasteiger partial charge in [0.25, 0.3) is 0 Å². The smallest absolute Gasteiger partial charge is 0.181 e. The predicted molar refractivity (Wildman–Crippen MR) is 42.9 cm³/mol. The Balaban J connectivity index is 2.34. The van der Waals surface area contributed by atoms with Crippen LogP contribution in [0.4, 0.5) is 5.69 Å². The van der Waals surface area contributed by atoms with Gasteiger partial charge in [-0.05, 0) is 11.6 Å². The van der Waals surface area contributed by atoms with Gasteiger partial charge in [0.2, 0.25) is 0 Å². The van der Waals surface area contributed by atoms with Gasteiger partial charge in [-0.2, -0.15) is 0 Å². The van der Waals surface area contributed by atoms with E-state index in [1.165, 1.54) is 5.56 Å². The van der Waals surface area contributed by atoms with Crippen molar-refractivity contribution in [3.05, 3.63) is 29.8 Å². The molecule has 2 rings (SSSR count). The molecule has 0 radical (unpaired) electrons. The quantitative estimate of drug-likeness (QED) is 0.504. The second kappa shape index (κ2) is 2.53. The number of hydrogen-bond acceptors (Lipinski definition) is 3. The van der Waals surface area contributed by atoms with Crippen molar-refractivity contribution in [1.29, 1.82) is 0 Å². The molecule has 1 aromatic carbocycles. The van der Waals surface area contributed by atoms with Crippen molar-refractivity contribution in [1.82, 2.24) is 5.32 Å². The number of hydrogen-bond donors (Lipinski definition) is 3. The van der Waals surface area contributed by atoms with Crippen molar-refractivity contribution < 1.29 is 5.11 Å². The van der Waals surface area contributed by atoms with E-state index in [-0.39, 0.29) is 0 Å². The maximum Gasteiger partial charge on any atom is 0.181 e. The van der Waals surface area contributed by atoms with Gasteiger partial charge in [-0.15, -0.1) is 0 Å². The van der Waals surface area contributed by atoms with Gasteiger partial charge >= 0.3 is 0 Å². The average molecular weight is 150 g/mol. The van der Waals surface area contributed by atoms with E-state index >= 15 is 0 Å². The lowest BCUT2D eigenvalue weighted by molar-refractivity contribution is 0.158. The van der Waals surface area contributed by atoms with Crippen LogP contribution >= 0.6 is 0 Å². The molecular formula is C8H10N2O. The highest BCUT2D eigenvalue weighted by Gasteiger charge is 2.11. The molecule has 0 spiro atoms. The summed E-state index contributed by atoms with van der Waals surface area (Å²) >= 11 is 0. The van der Waals surface area contributed by atoms with Crippen LogP contribution in [-0.4, -0.2) is 11.5 Å². The van der Waals surface area contributed by atoms with Gasteiger partial charge in [-0.1, -0.05) is 18.2 Å². The molecule has 0 bridgehead atoms. The number of aliphatic hydroxyl groups excluding tert-OH is 1. The van der Waals surface area contributed by atoms with Crippen LogP contribution in [0.1, 0.15) is 5.56 Å². The predicted octanol–water partition coefficient (Wildman–Crippen LogP) is 0.478. The minimum Gasteiger partial charge on any atom is -0.361 e. The maximum atomic E-state index is 9.13. The van der Waals surface area contributed by atoms with Gasteiger partial charge in [0.05, 0.1) is 0 Å². The second-order valence-electron chi connectivity index (χ2n) is 2.58. The molecule has 1 unspecified atom stereocenters. The Kier molecular flexibility index (Phi) is 1.52. The summed E-state index contributed by atoms with van der Waals surface area (Å²) in [5.74, 6) is 0. The fraction of sp³-hybridized carbons (Fsp3) is 0.250. The first kappa shape index (κ1) is 6.64. The number of anilines is 1. The van der Waals surface area contributed by atoms with Gasteiger partial charge in [-0.25, -0.2) is 0 Å². The summed E-state index contributed by atoms with van der Waals surface area (Å²) < 4.78 is 0. The van der Waals surface area contributed by atoms with Crippen molar-refractivity contribution in [3.8, 4) is 0 Å². The van der Waals surface area contributed by atoms with Crippen LogP contribution in [0.15, 0.2) is 24.3 Å². The van der Waals surface area contributed by atoms with Crippen molar-refractivity contribution in [2.45, 2.75) is 12.9 Å². The molecule has 1 heterocycles. The third-order valence-corrected chi connectivity index (χ3v) is 1.80. The van der Waals surface area contributed by atoms with E-state index in [0.717, 1.165) is 12.2 Å². The molecule has 3 N–H and O–H groups in total. The Bertz CT molecular complexity index is 262. The molecule has 1 atom stereocenters. The third-order valence-electron chi connectivity index (χ3n) is 1.80. The molecular weight excluding hydrogens is 140 g/mol. The normalized spacial score (nSPS) is 22.1. The molecule has 1 aliphatic rings. The molecule has 1 aromatic rings. The highest BCUT2D eigenvalue weighted by molar-refractivity contribution is 5.52. The number of rotatable bonds is 0. The topological polar surface area (TPSA) is 44.3 Å². The van der Waals surface area contributed by atoms with E-state index in [1.807, 2.05) is 24.3 Å². The Morgan fingerprint density at radius 1 is 1.36 bits per heavy atom. The van der Waals surface area contributed by atoms with E-state index in [0.29, 0.717) is 0 Å². The van der Waals surface area contributed by atoms with Crippen LogP contribution in [0.25, 0.3) is 0 Å². The van der Waals surface area contributed by atoms with Crippen molar-refractivity contribution in [2.75, 3.05) is 5.32 Å². The third kappa shape index (κ3) is 1.20. The molecule has 58 valence electrons. The van der Waals surface area contributed by atoms with Crippen LogP contribution in [0.5, 0.6) is 0 Å². The minimum atomic E-state index is -0.607. The van der Waals surface area contributed by atoms with Crippen molar-refractivity contribution in [2.24, 2.45) is 0 Å². The number of benzene rings is 1. The van der Waals surface area contributed by atoms with Crippen molar-refractivity contribution >= 4 is 5.69 Å². The van der Waals surface area contributed by atoms with Crippen LogP contribution in [0.2, 0.25) is 0 Å². The molecule has 0 saturated heterocycles. The van der Waals surface area contributed by atoms with Gasteiger partial charge in [-0.3, -0.25) is 5.32 Å². The van der Waals surface area contributed by atoms with Crippen molar-refractivity contribution in [3.63, 3.8) is 0 Å². The number of fused-ring (bicyclic) bond motifs is 1. The fourth-order valence-corrected chi connectivity index (χ4v) is 1.22. The number of nitrogens with one attached hydrogen (secondary N) is 2. The van der Waals surface area contributed by atoms with E-state index < -0.39 is 6.35 Å². The average Bonchev–Trinajstić information content (AvgIpc) is 2.04. The Hall–Kier alpha value is -1.06. The molecule has 0 aliphatic carbocycles. The molecule has 3 heteroatoms. The van der Waals surface area contributed by atoms with Crippen LogP contribution in [0.3, 0.4) is 0 Å². The maximum absolute atomic E-state index is 9.13. The summed E-state index contributed by atoms with van der Waals surface area (Å²) in [6.45, 7) is 0.727. The van der Waals surface area contributed by atoms with E-state index in [2.05, 4.69) is 10.6 Å². The number of aliphatic hydroxyl groups is 1. The van der Waals surface area contributed by atoms with E-state index in [4.69, 9.17) is 5.11 Å². The summed E-state index contributed by atoms with van der Waals surface area (Å²) in [4.78, 5) is 0. The zero-order valence-electron chi connectivity index (χ0n) is 6.04. The first-order valence-corrected chi connectivity index (χ1v) is 3.62. The van der Waals surface area contributed by atoms with E-state index in [9.17, 15) is 0 Å². The molecule has 1 aliphatic heterocycles. The van der Waals surface area contributed by atoms with Gasteiger partial charge in [0.1, 0.15) is 0 Å². The number of para-hydroxylation sites is 1. The summed E-state index contributed by atoms with van der Waals surface area (Å²) in [5, 5.41) is 14.9. The first-order valence-electron chi connectivity index (χ1n) is 3.62.